The van der Waals surface area contributed by atoms with Crippen molar-refractivity contribution < 1.29 is 17.9 Å². The first-order valence-electron chi connectivity index (χ1n) is 9.18. The number of nitrogens with zero attached hydrogens (tertiary/aromatic N) is 1. The van der Waals surface area contributed by atoms with E-state index >= 15 is 0 Å². The first kappa shape index (κ1) is 19.7. The van der Waals surface area contributed by atoms with Crippen molar-refractivity contribution in [3.8, 4) is 16.9 Å². The molecule has 1 aliphatic rings. The van der Waals surface area contributed by atoms with Gasteiger partial charge in [0.05, 0.1) is 12.0 Å². The Morgan fingerprint density at radius 1 is 0.967 bits per heavy atom. The third-order valence-corrected chi connectivity index (χ3v) is 6.03. The lowest BCUT2D eigenvalue weighted by Crippen LogP contribution is -2.24. The number of carbonyl (C=O) groups excluding carboxylic acids is 1. The van der Waals surface area contributed by atoms with Crippen LogP contribution in [0.4, 0.5) is 5.69 Å². The zero-order chi connectivity index (χ0) is 21.1. The third kappa shape index (κ3) is 3.90. The number of carbonyl (C=O) groups is 1. The van der Waals surface area contributed by atoms with Crippen molar-refractivity contribution in [3.05, 3.63) is 78.4 Å². The molecule has 8 heteroatoms. The number of ether oxygens (including phenoxy) is 1. The fraction of sp³-hybridized carbons (Fsp3) is 0.0909. The van der Waals surface area contributed by atoms with E-state index in [4.69, 9.17) is 4.74 Å². The molecule has 30 heavy (non-hydrogen) atoms. The summed E-state index contributed by atoms with van der Waals surface area (Å²) in [5.41, 5.74) is 3.00. The van der Waals surface area contributed by atoms with Crippen molar-refractivity contribution >= 4 is 27.5 Å². The van der Waals surface area contributed by atoms with E-state index in [1.54, 1.807) is 37.4 Å². The number of anilines is 1. The highest BCUT2D eigenvalue weighted by Gasteiger charge is 2.30. The largest absolute Gasteiger partial charge is 0.496 e. The van der Waals surface area contributed by atoms with Gasteiger partial charge in [0.25, 0.3) is 10.0 Å². The lowest BCUT2D eigenvalue weighted by Gasteiger charge is -2.09. The molecule has 0 spiro atoms. The van der Waals surface area contributed by atoms with Crippen LogP contribution in [0.15, 0.2) is 82.7 Å². The molecule has 0 aliphatic carbocycles. The van der Waals surface area contributed by atoms with Crippen molar-refractivity contribution in [1.29, 1.82) is 0 Å². The Balaban J connectivity index is 1.45. The highest BCUT2D eigenvalue weighted by molar-refractivity contribution is 7.90. The van der Waals surface area contributed by atoms with Crippen LogP contribution >= 0.6 is 0 Å². The normalized spacial score (nSPS) is 15.3. The SMILES string of the molecule is COc1ccccc1-c1ccc(NC(=O)CN=C2NS(=O)(=O)c3ccccc32)cc1. The first-order chi connectivity index (χ1) is 14.5. The van der Waals surface area contributed by atoms with Gasteiger partial charge in [-0.1, -0.05) is 42.5 Å². The number of sulfonamides is 1. The number of methoxy groups -OCH3 is 1. The standard InChI is InChI=1S/C22H19N3O4S/c1-29-19-8-4-2-6-17(19)15-10-12-16(13-11-15)24-21(26)14-23-22-18-7-3-5-9-20(18)30(27,28)25-22/h2-13H,14H2,1H3,(H,23,25)(H,24,26). The second kappa shape index (κ2) is 8.00. The number of hydrogen-bond acceptors (Lipinski definition) is 5. The quantitative estimate of drug-likeness (QED) is 0.662. The molecule has 0 aromatic heterocycles. The smallest absolute Gasteiger partial charge is 0.263 e. The maximum Gasteiger partial charge on any atom is 0.263 e. The Labute approximate surface area is 174 Å². The molecule has 2 N–H and O–H groups in total. The molecule has 0 unspecified atom stereocenters. The minimum Gasteiger partial charge on any atom is -0.496 e. The van der Waals surface area contributed by atoms with Gasteiger partial charge in [-0.15, -0.1) is 0 Å². The monoisotopic (exact) mass is 421 g/mol. The zero-order valence-electron chi connectivity index (χ0n) is 16.1. The summed E-state index contributed by atoms with van der Waals surface area (Å²) in [5, 5.41) is 2.76. The Kier molecular flexibility index (Phi) is 5.24. The topological polar surface area (TPSA) is 96.9 Å². The number of amides is 1. The van der Waals surface area contributed by atoms with Gasteiger partial charge >= 0.3 is 0 Å². The van der Waals surface area contributed by atoms with Gasteiger partial charge in [-0.25, -0.2) is 8.42 Å². The van der Waals surface area contributed by atoms with Crippen molar-refractivity contribution in [2.75, 3.05) is 19.0 Å². The summed E-state index contributed by atoms with van der Waals surface area (Å²) in [6.07, 6.45) is 0. The Morgan fingerprint density at radius 3 is 2.37 bits per heavy atom. The fourth-order valence-electron chi connectivity index (χ4n) is 3.22. The third-order valence-electron chi connectivity index (χ3n) is 4.63. The lowest BCUT2D eigenvalue weighted by atomic mass is 10.0. The molecular formula is C22H19N3O4S. The number of amidine groups is 1. The number of nitrogens with one attached hydrogen (secondary N) is 2. The molecule has 0 saturated heterocycles. The predicted molar refractivity (Wildman–Crippen MR) is 115 cm³/mol. The van der Waals surface area contributed by atoms with Gasteiger partial charge in [0, 0.05) is 16.8 Å². The molecule has 0 atom stereocenters. The fourth-order valence-corrected chi connectivity index (χ4v) is 4.47. The summed E-state index contributed by atoms with van der Waals surface area (Å²) in [6.45, 7) is -0.208. The molecule has 4 rings (SSSR count). The minimum absolute atomic E-state index is 0.163. The zero-order valence-corrected chi connectivity index (χ0v) is 16.9. The average molecular weight is 421 g/mol. The number of rotatable bonds is 5. The second-order valence-corrected chi connectivity index (χ2v) is 8.24. The molecule has 3 aromatic carbocycles. The van der Waals surface area contributed by atoms with E-state index in [-0.39, 0.29) is 23.2 Å². The molecular weight excluding hydrogens is 402 g/mol. The molecule has 0 saturated carbocycles. The summed E-state index contributed by atoms with van der Waals surface area (Å²) in [5.74, 6) is 0.591. The summed E-state index contributed by atoms with van der Waals surface area (Å²) >= 11 is 0. The minimum atomic E-state index is -3.62. The van der Waals surface area contributed by atoms with E-state index in [0.29, 0.717) is 11.3 Å². The molecule has 1 amide bonds. The molecule has 152 valence electrons. The predicted octanol–water partition coefficient (Wildman–Crippen LogP) is 3.04. The highest BCUT2D eigenvalue weighted by Crippen LogP contribution is 2.30. The van der Waals surface area contributed by atoms with E-state index < -0.39 is 10.0 Å². The van der Waals surface area contributed by atoms with Crippen LogP contribution in [0.1, 0.15) is 5.56 Å². The van der Waals surface area contributed by atoms with Crippen molar-refractivity contribution in [3.63, 3.8) is 0 Å². The van der Waals surface area contributed by atoms with E-state index in [2.05, 4.69) is 15.0 Å². The molecule has 0 radical (unpaired) electrons. The molecule has 0 bridgehead atoms. The molecule has 3 aromatic rings. The van der Waals surface area contributed by atoms with Gasteiger partial charge in [-0.05, 0) is 35.9 Å². The van der Waals surface area contributed by atoms with Crippen molar-refractivity contribution in [2.45, 2.75) is 4.90 Å². The Hall–Kier alpha value is -3.65. The van der Waals surface area contributed by atoms with Gasteiger partial charge < -0.3 is 10.1 Å². The highest BCUT2D eigenvalue weighted by atomic mass is 32.2. The molecule has 1 heterocycles. The maximum absolute atomic E-state index is 12.3. The lowest BCUT2D eigenvalue weighted by molar-refractivity contribution is -0.114. The molecule has 7 nitrogen and oxygen atoms in total. The van der Waals surface area contributed by atoms with E-state index in [1.165, 1.54) is 6.07 Å². The second-order valence-electron chi connectivity index (χ2n) is 6.59. The van der Waals surface area contributed by atoms with Crippen LogP contribution in [0.25, 0.3) is 11.1 Å². The number of fused-ring (bicyclic) bond motifs is 1. The molecule has 1 aliphatic heterocycles. The van der Waals surface area contributed by atoms with Crippen LogP contribution in [0.2, 0.25) is 0 Å². The van der Waals surface area contributed by atoms with Gasteiger partial charge in [0.15, 0.2) is 0 Å². The number of aliphatic imine (C=N–C) groups is 1. The van der Waals surface area contributed by atoms with Gasteiger partial charge in [0.1, 0.15) is 18.1 Å². The van der Waals surface area contributed by atoms with E-state index in [0.717, 1.165) is 16.9 Å². The summed E-state index contributed by atoms with van der Waals surface area (Å²) < 4.78 is 31.9. The van der Waals surface area contributed by atoms with E-state index in [9.17, 15) is 13.2 Å². The number of hydrogen-bond donors (Lipinski definition) is 2. The number of benzene rings is 3. The van der Waals surface area contributed by atoms with E-state index in [1.807, 2.05) is 36.4 Å². The van der Waals surface area contributed by atoms with Gasteiger partial charge in [0.2, 0.25) is 5.91 Å². The van der Waals surface area contributed by atoms with Crippen LogP contribution in [0, 0.1) is 0 Å². The van der Waals surface area contributed by atoms with Gasteiger partial charge in [-0.2, -0.15) is 0 Å². The van der Waals surface area contributed by atoms with Crippen LogP contribution < -0.4 is 14.8 Å². The van der Waals surface area contributed by atoms with Crippen LogP contribution in [0.3, 0.4) is 0 Å². The molecule has 0 fully saturated rings. The summed E-state index contributed by atoms with van der Waals surface area (Å²) in [7, 11) is -2.00. The Bertz CT molecular complexity index is 1240. The summed E-state index contributed by atoms with van der Waals surface area (Å²) in [4.78, 5) is 16.6. The Morgan fingerprint density at radius 2 is 1.63 bits per heavy atom. The van der Waals surface area contributed by atoms with Crippen LogP contribution in [0.5, 0.6) is 5.75 Å². The number of para-hydroxylation sites is 1. The van der Waals surface area contributed by atoms with Crippen LogP contribution in [-0.2, 0) is 14.8 Å². The summed E-state index contributed by atoms with van der Waals surface area (Å²) in [6, 6.07) is 21.6. The first-order valence-corrected chi connectivity index (χ1v) is 10.7. The average Bonchev–Trinajstić information content (AvgIpc) is 3.03. The maximum atomic E-state index is 12.3. The van der Waals surface area contributed by atoms with Crippen molar-refractivity contribution in [1.82, 2.24) is 4.72 Å². The van der Waals surface area contributed by atoms with Gasteiger partial charge in [-0.3, -0.25) is 14.5 Å². The van der Waals surface area contributed by atoms with Crippen molar-refractivity contribution in [2.24, 2.45) is 4.99 Å². The van der Waals surface area contributed by atoms with Crippen LogP contribution in [-0.4, -0.2) is 33.8 Å².